The third-order valence-electron chi connectivity index (χ3n) is 3.72. The number of benzene rings is 2. The lowest BCUT2D eigenvalue weighted by atomic mass is 10.2. The molecule has 0 saturated carbocycles. The molecule has 10 heteroatoms. The van der Waals surface area contributed by atoms with E-state index in [1.54, 1.807) is 43.3 Å². The molecular weight excluding hydrogens is 517 g/mol. The Balaban J connectivity index is 2.07. The average Bonchev–Trinajstić information content (AvgIpc) is 2.72. The molecule has 0 aliphatic carbocycles. The van der Waals surface area contributed by atoms with Gasteiger partial charge in [-0.1, -0.05) is 6.07 Å². The van der Waals surface area contributed by atoms with Gasteiger partial charge in [0.25, 0.3) is 5.91 Å². The third-order valence-corrected chi connectivity index (χ3v) is 4.52. The van der Waals surface area contributed by atoms with E-state index in [1.807, 2.05) is 22.6 Å². The van der Waals surface area contributed by atoms with Crippen LogP contribution in [0.1, 0.15) is 29.8 Å². The number of amides is 2. The summed E-state index contributed by atoms with van der Waals surface area (Å²) >= 11 is 2.05. The van der Waals surface area contributed by atoms with Gasteiger partial charge in [-0.25, -0.2) is 10.2 Å². The Kier molecular flexibility index (Phi) is 9.25. The first-order chi connectivity index (χ1) is 14.8. The molecule has 0 aliphatic heterocycles. The molecule has 2 aromatic rings. The minimum absolute atomic E-state index is 0.228. The van der Waals surface area contributed by atoms with Crippen molar-refractivity contribution in [3.8, 4) is 11.5 Å². The van der Waals surface area contributed by atoms with E-state index in [1.165, 1.54) is 20.2 Å². The third kappa shape index (κ3) is 7.55. The molecule has 0 saturated heterocycles. The predicted octanol–water partition coefficient (Wildman–Crippen LogP) is 2.96. The van der Waals surface area contributed by atoms with Gasteiger partial charge in [0, 0.05) is 18.2 Å². The van der Waals surface area contributed by atoms with Crippen molar-refractivity contribution in [2.24, 2.45) is 5.10 Å². The highest BCUT2D eigenvalue weighted by Crippen LogP contribution is 2.33. The van der Waals surface area contributed by atoms with Crippen LogP contribution in [0.25, 0.3) is 0 Å². The molecule has 0 unspecified atom stereocenters. The first-order valence-corrected chi connectivity index (χ1v) is 10.3. The van der Waals surface area contributed by atoms with Gasteiger partial charge < -0.3 is 19.5 Å². The van der Waals surface area contributed by atoms with E-state index in [4.69, 9.17) is 14.2 Å². The van der Waals surface area contributed by atoms with E-state index in [0.717, 1.165) is 0 Å². The molecule has 164 valence electrons. The Bertz CT molecular complexity index is 993. The Morgan fingerprint density at radius 1 is 1.19 bits per heavy atom. The van der Waals surface area contributed by atoms with Crippen LogP contribution in [0.15, 0.2) is 41.5 Å². The van der Waals surface area contributed by atoms with Crippen molar-refractivity contribution in [3.63, 3.8) is 0 Å². The normalized spacial score (nSPS) is 10.5. The average molecular weight is 539 g/mol. The molecule has 2 rings (SSSR count). The van der Waals surface area contributed by atoms with Crippen molar-refractivity contribution in [1.82, 2.24) is 5.43 Å². The largest absolute Gasteiger partial charge is 0.493 e. The van der Waals surface area contributed by atoms with Crippen molar-refractivity contribution in [1.29, 1.82) is 0 Å². The molecule has 0 atom stereocenters. The zero-order valence-corrected chi connectivity index (χ0v) is 19.4. The molecule has 2 aromatic carbocycles. The second kappa shape index (κ2) is 11.9. The van der Waals surface area contributed by atoms with Crippen LogP contribution < -0.4 is 20.2 Å². The molecule has 0 spiro atoms. The fourth-order valence-electron chi connectivity index (χ4n) is 2.46. The summed E-state index contributed by atoms with van der Waals surface area (Å²) in [5.41, 5.74) is 3.95. The minimum atomic E-state index is -0.476. The fourth-order valence-corrected chi connectivity index (χ4v) is 3.24. The Morgan fingerprint density at radius 3 is 2.65 bits per heavy atom. The number of hydrazone groups is 1. The van der Waals surface area contributed by atoms with Crippen LogP contribution >= 0.6 is 22.6 Å². The van der Waals surface area contributed by atoms with E-state index >= 15 is 0 Å². The van der Waals surface area contributed by atoms with E-state index in [-0.39, 0.29) is 19.1 Å². The second-order valence-electron chi connectivity index (χ2n) is 6.09. The Labute approximate surface area is 193 Å². The van der Waals surface area contributed by atoms with Crippen molar-refractivity contribution < 1.29 is 28.6 Å². The maximum Gasteiger partial charge on any atom is 0.344 e. The number of ether oxygens (including phenoxy) is 3. The molecule has 0 aliphatic rings. The summed E-state index contributed by atoms with van der Waals surface area (Å²) in [7, 11) is 1.48. The number of hydrogen-bond donors (Lipinski definition) is 2. The molecule has 31 heavy (non-hydrogen) atoms. The number of nitrogens with one attached hydrogen (secondary N) is 2. The summed E-state index contributed by atoms with van der Waals surface area (Å²) in [5.74, 6) is -0.316. The van der Waals surface area contributed by atoms with Crippen LogP contribution in [0.5, 0.6) is 11.5 Å². The number of carbonyl (C=O) groups is 3. The number of anilines is 1. The van der Waals surface area contributed by atoms with Crippen molar-refractivity contribution in [2.45, 2.75) is 13.8 Å². The molecule has 2 amide bonds. The summed E-state index contributed by atoms with van der Waals surface area (Å²) in [6, 6.07) is 9.92. The summed E-state index contributed by atoms with van der Waals surface area (Å²) in [6.45, 7) is 3.14. The number of halogens is 1. The molecule has 2 N–H and O–H groups in total. The van der Waals surface area contributed by atoms with Gasteiger partial charge in [0.15, 0.2) is 18.1 Å². The highest BCUT2D eigenvalue weighted by atomic mass is 127. The van der Waals surface area contributed by atoms with Crippen LogP contribution in [0.2, 0.25) is 0 Å². The zero-order valence-electron chi connectivity index (χ0n) is 17.2. The van der Waals surface area contributed by atoms with Gasteiger partial charge in [-0.15, -0.1) is 0 Å². The molecular formula is C21H22IN3O6. The molecule has 0 bridgehead atoms. The highest BCUT2D eigenvalue weighted by Gasteiger charge is 2.13. The van der Waals surface area contributed by atoms with Gasteiger partial charge in [0.2, 0.25) is 5.91 Å². The standard InChI is InChI=1S/C21H22IN3O6/c1-4-30-19(27)12-31-20-17(22)8-14(9-18(20)29-3)11-23-25-21(28)15-6-5-7-16(10-15)24-13(2)26/h5-11H,4,12H2,1-3H3,(H,24,26)(H,25,28)/b23-11-. The number of esters is 1. The molecule has 0 aromatic heterocycles. The van der Waals surface area contributed by atoms with Gasteiger partial charge in [-0.2, -0.15) is 5.10 Å². The van der Waals surface area contributed by atoms with Gasteiger partial charge in [-0.05, 0) is 65.4 Å². The number of methoxy groups -OCH3 is 1. The van der Waals surface area contributed by atoms with E-state index in [9.17, 15) is 14.4 Å². The maximum atomic E-state index is 12.3. The first-order valence-electron chi connectivity index (χ1n) is 9.21. The summed E-state index contributed by atoms with van der Waals surface area (Å²) in [5, 5.41) is 6.59. The molecule has 0 fully saturated rings. The minimum Gasteiger partial charge on any atom is -0.493 e. The van der Waals surface area contributed by atoms with Gasteiger partial charge >= 0.3 is 5.97 Å². The maximum absolute atomic E-state index is 12.3. The molecule has 0 heterocycles. The lowest BCUT2D eigenvalue weighted by molar-refractivity contribution is -0.145. The van der Waals surface area contributed by atoms with Crippen LogP contribution in [-0.2, 0) is 14.3 Å². The van der Waals surface area contributed by atoms with Gasteiger partial charge in [0.1, 0.15) is 0 Å². The topological polar surface area (TPSA) is 115 Å². The van der Waals surface area contributed by atoms with Crippen LogP contribution in [-0.4, -0.2) is 44.3 Å². The summed E-state index contributed by atoms with van der Waals surface area (Å²) in [4.78, 5) is 35.0. The summed E-state index contributed by atoms with van der Waals surface area (Å²) < 4.78 is 16.4. The number of nitrogens with zero attached hydrogens (tertiary/aromatic N) is 1. The monoisotopic (exact) mass is 539 g/mol. The number of carbonyl (C=O) groups excluding carboxylic acids is 3. The van der Waals surface area contributed by atoms with Crippen LogP contribution in [0, 0.1) is 3.57 Å². The fraction of sp³-hybridized carbons (Fsp3) is 0.238. The zero-order chi connectivity index (χ0) is 22.8. The van der Waals surface area contributed by atoms with Gasteiger partial charge in [-0.3, -0.25) is 9.59 Å². The second-order valence-corrected chi connectivity index (χ2v) is 7.25. The molecule has 0 radical (unpaired) electrons. The van der Waals surface area contributed by atoms with E-state index in [2.05, 4.69) is 15.8 Å². The van der Waals surface area contributed by atoms with Crippen LogP contribution in [0.3, 0.4) is 0 Å². The van der Waals surface area contributed by atoms with Crippen molar-refractivity contribution in [2.75, 3.05) is 25.6 Å². The van der Waals surface area contributed by atoms with Gasteiger partial charge in [0.05, 0.1) is 23.5 Å². The van der Waals surface area contributed by atoms with E-state index in [0.29, 0.717) is 31.9 Å². The highest BCUT2D eigenvalue weighted by molar-refractivity contribution is 14.1. The summed E-state index contributed by atoms with van der Waals surface area (Å²) in [6.07, 6.45) is 1.45. The number of hydrogen-bond acceptors (Lipinski definition) is 7. The first kappa shape index (κ1) is 24.1. The smallest absolute Gasteiger partial charge is 0.344 e. The Hall–Kier alpha value is -3.15. The lowest BCUT2D eigenvalue weighted by Gasteiger charge is -2.13. The van der Waals surface area contributed by atoms with Crippen LogP contribution in [0.4, 0.5) is 5.69 Å². The quantitative estimate of drug-likeness (QED) is 0.219. The van der Waals surface area contributed by atoms with Crippen molar-refractivity contribution >= 4 is 52.3 Å². The van der Waals surface area contributed by atoms with Crippen molar-refractivity contribution in [3.05, 3.63) is 51.1 Å². The molecule has 9 nitrogen and oxygen atoms in total. The predicted molar refractivity (Wildman–Crippen MR) is 124 cm³/mol. The number of rotatable bonds is 9. The van der Waals surface area contributed by atoms with E-state index < -0.39 is 11.9 Å². The lowest BCUT2D eigenvalue weighted by Crippen LogP contribution is -2.18. The Morgan fingerprint density at radius 2 is 1.97 bits per heavy atom. The SMILES string of the molecule is CCOC(=O)COc1c(I)cc(/C=N\NC(=O)c2cccc(NC(C)=O)c2)cc1OC.